The normalized spacial score (nSPS) is 14.6. The second kappa shape index (κ2) is 8.17. The number of anilines is 1. The van der Waals surface area contributed by atoms with E-state index in [1.807, 2.05) is 24.3 Å². The lowest BCUT2D eigenvalue weighted by atomic mass is 10.1. The summed E-state index contributed by atoms with van der Waals surface area (Å²) < 4.78 is 6.43. The molecule has 1 aliphatic rings. The fourth-order valence-corrected chi connectivity index (χ4v) is 3.59. The van der Waals surface area contributed by atoms with Crippen LogP contribution in [0.2, 0.25) is 0 Å². The van der Waals surface area contributed by atoms with Crippen LogP contribution >= 0.6 is 27.7 Å². The van der Waals surface area contributed by atoms with E-state index in [0.717, 1.165) is 23.1 Å². The van der Waals surface area contributed by atoms with E-state index in [4.69, 9.17) is 14.7 Å². The lowest BCUT2D eigenvalue weighted by Crippen LogP contribution is -2.37. The molecule has 0 unspecified atom stereocenters. The molecule has 1 aliphatic heterocycles. The molecule has 0 radical (unpaired) electrons. The highest BCUT2D eigenvalue weighted by Crippen LogP contribution is 2.32. The van der Waals surface area contributed by atoms with Gasteiger partial charge in [-0.05, 0) is 12.1 Å². The third kappa shape index (κ3) is 4.32. The van der Waals surface area contributed by atoms with Crippen LogP contribution in [0.25, 0.3) is 11.3 Å². The van der Waals surface area contributed by atoms with E-state index in [-0.39, 0.29) is 0 Å². The molecule has 0 saturated carbocycles. The van der Waals surface area contributed by atoms with Gasteiger partial charge in [-0.25, -0.2) is 9.97 Å². The van der Waals surface area contributed by atoms with Gasteiger partial charge in [0.2, 0.25) is 0 Å². The summed E-state index contributed by atoms with van der Waals surface area (Å²) in [7, 11) is 0. The Morgan fingerprint density at radius 1 is 1.20 bits per heavy atom. The lowest BCUT2D eigenvalue weighted by Gasteiger charge is -2.29. The predicted molar refractivity (Wildman–Crippen MR) is 104 cm³/mol. The molecule has 2 aromatic rings. The Morgan fingerprint density at radius 3 is 2.48 bits per heavy atom. The third-order valence-electron chi connectivity index (χ3n) is 3.75. The third-order valence-corrected chi connectivity index (χ3v) is 5.14. The van der Waals surface area contributed by atoms with Crippen LogP contribution in [0.15, 0.2) is 33.9 Å². The predicted octanol–water partition coefficient (Wildman–Crippen LogP) is 4.11. The highest BCUT2D eigenvalue weighted by molar-refractivity contribution is 9.10. The average Bonchev–Trinajstić information content (AvgIpc) is 2.62. The van der Waals surface area contributed by atoms with Crippen molar-refractivity contribution in [1.29, 1.82) is 5.26 Å². The van der Waals surface area contributed by atoms with E-state index in [1.165, 1.54) is 0 Å². The first-order valence-electron chi connectivity index (χ1n) is 8.16. The number of benzene rings is 1. The van der Waals surface area contributed by atoms with Crippen molar-refractivity contribution in [3.63, 3.8) is 0 Å². The molecule has 3 rings (SSSR count). The highest BCUT2D eigenvalue weighted by atomic mass is 79.9. The number of ether oxygens (including phenoxy) is 1. The van der Waals surface area contributed by atoms with Gasteiger partial charge in [0.1, 0.15) is 11.6 Å². The fraction of sp³-hybridized carbons (Fsp3) is 0.389. The van der Waals surface area contributed by atoms with Gasteiger partial charge in [0.05, 0.1) is 18.9 Å². The van der Waals surface area contributed by atoms with Crippen molar-refractivity contribution in [2.75, 3.05) is 31.2 Å². The standard InChI is InChI=1S/C18H19BrN4OS/c1-12(2)25-18-21-16(13-3-5-14(19)6-4-13)15(11-20)17(22-18)23-7-9-24-10-8-23/h3-6,12H,7-10H2,1-2H3. The fourth-order valence-electron chi connectivity index (χ4n) is 2.62. The summed E-state index contributed by atoms with van der Waals surface area (Å²) >= 11 is 5.06. The maximum atomic E-state index is 9.81. The zero-order valence-electron chi connectivity index (χ0n) is 14.2. The molecule has 0 amide bonds. The molecule has 2 heterocycles. The Bertz CT molecular complexity index is 783. The van der Waals surface area contributed by atoms with Crippen molar-refractivity contribution in [1.82, 2.24) is 9.97 Å². The van der Waals surface area contributed by atoms with Crippen LogP contribution in [0, 0.1) is 11.3 Å². The summed E-state index contributed by atoms with van der Waals surface area (Å²) in [5.41, 5.74) is 2.13. The molecular formula is C18H19BrN4OS. The van der Waals surface area contributed by atoms with Crippen molar-refractivity contribution in [3.05, 3.63) is 34.3 Å². The minimum Gasteiger partial charge on any atom is -0.378 e. The van der Waals surface area contributed by atoms with Crippen LogP contribution in [0.4, 0.5) is 5.82 Å². The van der Waals surface area contributed by atoms with Gasteiger partial charge in [0.15, 0.2) is 11.0 Å². The Labute approximate surface area is 160 Å². The molecule has 0 N–H and O–H groups in total. The van der Waals surface area contributed by atoms with Crippen LogP contribution in [-0.4, -0.2) is 41.5 Å². The molecule has 0 atom stereocenters. The van der Waals surface area contributed by atoms with Crippen LogP contribution in [-0.2, 0) is 4.74 Å². The van der Waals surface area contributed by atoms with Gasteiger partial charge in [-0.1, -0.05) is 53.7 Å². The van der Waals surface area contributed by atoms with Crippen LogP contribution < -0.4 is 4.90 Å². The van der Waals surface area contributed by atoms with Gasteiger partial charge in [0.25, 0.3) is 0 Å². The quantitative estimate of drug-likeness (QED) is 0.549. The summed E-state index contributed by atoms with van der Waals surface area (Å²) in [6, 6.07) is 10.2. The van der Waals surface area contributed by atoms with Gasteiger partial charge in [-0.15, -0.1) is 0 Å². The Hall–Kier alpha value is -1.62. The van der Waals surface area contributed by atoms with Gasteiger partial charge in [-0.2, -0.15) is 5.26 Å². The van der Waals surface area contributed by atoms with Gasteiger partial charge >= 0.3 is 0 Å². The van der Waals surface area contributed by atoms with Gasteiger partial charge in [-0.3, -0.25) is 0 Å². The summed E-state index contributed by atoms with van der Waals surface area (Å²) in [4.78, 5) is 11.5. The first-order valence-corrected chi connectivity index (χ1v) is 9.83. The Morgan fingerprint density at radius 2 is 1.88 bits per heavy atom. The van der Waals surface area contributed by atoms with Crippen molar-refractivity contribution in [3.8, 4) is 17.3 Å². The van der Waals surface area contributed by atoms with Crippen LogP contribution in [0.3, 0.4) is 0 Å². The zero-order valence-corrected chi connectivity index (χ0v) is 16.6. The van der Waals surface area contributed by atoms with Crippen molar-refractivity contribution in [2.24, 2.45) is 0 Å². The Kier molecular flexibility index (Phi) is 5.94. The molecule has 1 fully saturated rings. The molecule has 1 aromatic heterocycles. The molecule has 130 valence electrons. The maximum Gasteiger partial charge on any atom is 0.190 e. The topological polar surface area (TPSA) is 62.0 Å². The number of hydrogen-bond donors (Lipinski definition) is 0. The molecule has 25 heavy (non-hydrogen) atoms. The summed E-state index contributed by atoms with van der Waals surface area (Å²) in [5, 5.41) is 10.9. The molecule has 5 nitrogen and oxygen atoms in total. The number of nitrogens with zero attached hydrogens (tertiary/aromatic N) is 4. The van der Waals surface area contributed by atoms with E-state index >= 15 is 0 Å². The van der Waals surface area contributed by atoms with Crippen LogP contribution in [0.1, 0.15) is 19.4 Å². The smallest absolute Gasteiger partial charge is 0.190 e. The van der Waals surface area contributed by atoms with E-state index in [9.17, 15) is 5.26 Å². The number of hydrogen-bond acceptors (Lipinski definition) is 6. The van der Waals surface area contributed by atoms with Gasteiger partial charge < -0.3 is 9.64 Å². The zero-order chi connectivity index (χ0) is 17.8. The highest BCUT2D eigenvalue weighted by Gasteiger charge is 2.22. The molecule has 0 bridgehead atoms. The molecule has 0 aliphatic carbocycles. The van der Waals surface area contributed by atoms with Crippen molar-refractivity contribution < 1.29 is 4.74 Å². The van der Waals surface area contributed by atoms with Gasteiger partial charge in [0, 0.05) is 28.4 Å². The number of morpholine rings is 1. The first kappa shape index (κ1) is 18.2. The minimum absolute atomic E-state index is 0.364. The van der Waals surface area contributed by atoms with Crippen LogP contribution in [0.5, 0.6) is 0 Å². The van der Waals surface area contributed by atoms with E-state index in [1.54, 1.807) is 11.8 Å². The molecule has 7 heteroatoms. The number of rotatable bonds is 4. The molecule has 1 saturated heterocycles. The van der Waals surface area contributed by atoms with E-state index in [0.29, 0.717) is 40.7 Å². The van der Waals surface area contributed by atoms with E-state index in [2.05, 4.69) is 40.7 Å². The Balaban J connectivity index is 2.14. The summed E-state index contributed by atoms with van der Waals surface area (Å²) in [5.74, 6) is 0.710. The summed E-state index contributed by atoms with van der Waals surface area (Å²) in [6.07, 6.45) is 0. The van der Waals surface area contributed by atoms with Crippen molar-refractivity contribution >= 4 is 33.5 Å². The maximum absolute atomic E-state index is 9.81. The van der Waals surface area contributed by atoms with Crippen molar-refractivity contribution in [2.45, 2.75) is 24.3 Å². The number of halogens is 1. The number of aromatic nitrogens is 2. The number of thioether (sulfide) groups is 1. The monoisotopic (exact) mass is 418 g/mol. The average molecular weight is 419 g/mol. The molecular weight excluding hydrogens is 400 g/mol. The second-order valence-corrected chi connectivity index (χ2v) is 8.40. The number of nitriles is 1. The minimum atomic E-state index is 0.364. The largest absolute Gasteiger partial charge is 0.378 e. The first-order chi connectivity index (χ1) is 12.1. The summed E-state index contributed by atoms with van der Waals surface area (Å²) in [6.45, 7) is 6.98. The van der Waals surface area contributed by atoms with E-state index < -0.39 is 0 Å². The lowest BCUT2D eigenvalue weighted by molar-refractivity contribution is 0.122. The molecule has 0 spiro atoms. The molecule has 1 aromatic carbocycles. The second-order valence-electron chi connectivity index (χ2n) is 5.94. The SMILES string of the molecule is CC(C)Sc1nc(-c2ccc(Br)cc2)c(C#N)c(N2CCOCC2)n1.